The van der Waals surface area contributed by atoms with Crippen molar-refractivity contribution in [1.82, 2.24) is 15.4 Å². The van der Waals surface area contributed by atoms with Gasteiger partial charge in [-0.3, -0.25) is 5.10 Å². The zero-order valence-electron chi connectivity index (χ0n) is 16.1. The highest BCUT2D eigenvalue weighted by atomic mass is 19.1. The summed E-state index contributed by atoms with van der Waals surface area (Å²) in [6, 6.07) is 14.5. The molecule has 2 aromatic heterocycles. The standard InChI is InChI=1S/C22H16FN3O5/c23-15-4-1-13(2-5-15)17-11-18(25-24-17)22(27)30-12-16-10-20(31-26-16)14-3-6-19-21(9-14)29-8-7-28-19/h1-6,9-11H,7-8,12H2,(H,24,25). The van der Waals surface area contributed by atoms with Crippen LogP contribution in [0.4, 0.5) is 4.39 Å². The van der Waals surface area contributed by atoms with Gasteiger partial charge in [0.05, 0.1) is 5.69 Å². The first-order chi connectivity index (χ1) is 15.2. The second kappa shape index (κ2) is 7.94. The van der Waals surface area contributed by atoms with E-state index in [1.165, 1.54) is 12.1 Å². The van der Waals surface area contributed by atoms with Crippen LogP contribution in [-0.2, 0) is 11.3 Å². The van der Waals surface area contributed by atoms with E-state index in [1.54, 1.807) is 24.3 Å². The smallest absolute Gasteiger partial charge is 0.356 e. The van der Waals surface area contributed by atoms with Gasteiger partial charge in [0.25, 0.3) is 0 Å². The van der Waals surface area contributed by atoms with E-state index < -0.39 is 5.97 Å². The zero-order valence-corrected chi connectivity index (χ0v) is 16.1. The molecule has 5 rings (SSSR count). The summed E-state index contributed by atoms with van der Waals surface area (Å²) in [7, 11) is 0. The Morgan fingerprint density at radius 1 is 1.00 bits per heavy atom. The van der Waals surface area contributed by atoms with Crippen molar-refractivity contribution in [2.75, 3.05) is 13.2 Å². The number of hydrogen-bond acceptors (Lipinski definition) is 7. The lowest BCUT2D eigenvalue weighted by Gasteiger charge is -2.18. The Labute approximate surface area is 175 Å². The van der Waals surface area contributed by atoms with E-state index in [9.17, 15) is 9.18 Å². The quantitative estimate of drug-likeness (QED) is 0.486. The number of aromatic amines is 1. The Morgan fingerprint density at radius 2 is 1.77 bits per heavy atom. The van der Waals surface area contributed by atoms with Gasteiger partial charge in [0.2, 0.25) is 0 Å². The molecule has 0 fully saturated rings. The number of fused-ring (bicyclic) bond motifs is 1. The summed E-state index contributed by atoms with van der Waals surface area (Å²) in [6.45, 7) is 0.939. The maximum absolute atomic E-state index is 13.1. The van der Waals surface area contributed by atoms with Crippen LogP contribution in [0.2, 0.25) is 0 Å². The van der Waals surface area contributed by atoms with Gasteiger partial charge < -0.3 is 18.7 Å². The van der Waals surface area contributed by atoms with E-state index in [0.717, 1.165) is 5.56 Å². The van der Waals surface area contributed by atoms with Gasteiger partial charge in [0.1, 0.15) is 37.0 Å². The van der Waals surface area contributed by atoms with Crippen LogP contribution in [0.15, 0.2) is 59.1 Å². The van der Waals surface area contributed by atoms with Crippen LogP contribution in [0.5, 0.6) is 11.5 Å². The third kappa shape index (κ3) is 3.97. The Morgan fingerprint density at radius 3 is 2.61 bits per heavy atom. The van der Waals surface area contributed by atoms with E-state index in [1.807, 2.05) is 18.2 Å². The number of ether oxygens (including phenoxy) is 3. The highest BCUT2D eigenvalue weighted by Crippen LogP contribution is 2.34. The van der Waals surface area contributed by atoms with Gasteiger partial charge in [-0.15, -0.1) is 0 Å². The molecule has 156 valence electrons. The summed E-state index contributed by atoms with van der Waals surface area (Å²) in [5, 5.41) is 10.6. The third-order valence-electron chi connectivity index (χ3n) is 4.67. The highest BCUT2D eigenvalue weighted by Gasteiger charge is 2.17. The molecule has 31 heavy (non-hydrogen) atoms. The topological polar surface area (TPSA) is 99.5 Å². The van der Waals surface area contributed by atoms with Crippen molar-refractivity contribution >= 4 is 5.97 Å². The van der Waals surface area contributed by atoms with E-state index in [2.05, 4.69) is 15.4 Å². The zero-order chi connectivity index (χ0) is 21.2. The summed E-state index contributed by atoms with van der Waals surface area (Å²) < 4.78 is 34.8. The Bertz CT molecular complexity index is 1230. The molecule has 4 aromatic rings. The normalized spacial score (nSPS) is 12.5. The lowest BCUT2D eigenvalue weighted by Crippen LogP contribution is -2.15. The minimum Gasteiger partial charge on any atom is -0.486 e. The molecule has 1 N–H and O–H groups in total. The SMILES string of the molecule is O=C(OCc1cc(-c2ccc3c(c2)OCCO3)on1)c1cc(-c2ccc(F)cc2)n[nH]1. The van der Waals surface area contributed by atoms with Gasteiger partial charge in [-0.2, -0.15) is 5.10 Å². The third-order valence-corrected chi connectivity index (χ3v) is 4.67. The first kappa shape index (κ1) is 18.9. The van der Waals surface area contributed by atoms with Crippen LogP contribution in [0, 0.1) is 5.82 Å². The number of H-pyrrole nitrogens is 1. The number of nitrogens with one attached hydrogen (secondary N) is 1. The molecule has 9 heteroatoms. The van der Waals surface area contributed by atoms with Crippen LogP contribution in [0.25, 0.3) is 22.6 Å². The second-order valence-electron chi connectivity index (χ2n) is 6.79. The molecule has 0 amide bonds. The molecule has 0 spiro atoms. The summed E-state index contributed by atoms with van der Waals surface area (Å²) in [6.07, 6.45) is 0. The number of aromatic nitrogens is 3. The maximum Gasteiger partial charge on any atom is 0.356 e. The molecular weight excluding hydrogens is 405 g/mol. The fraction of sp³-hybridized carbons (Fsp3) is 0.136. The number of carbonyl (C=O) groups is 1. The number of hydrogen-bond donors (Lipinski definition) is 1. The average molecular weight is 421 g/mol. The van der Waals surface area contributed by atoms with Crippen LogP contribution in [0.1, 0.15) is 16.2 Å². The first-order valence-corrected chi connectivity index (χ1v) is 9.50. The van der Waals surface area contributed by atoms with Crippen LogP contribution < -0.4 is 9.47 Å². The van der Waals surface area contributed by atoms with Crippen molar-refractivity contribution in [2.24, 2.45) is 0 Å². The molecule has 0 atom stereocenters. The van der Waals surface area contributed by atoms with Crippen molar-refractivity contribution in [1.29, 1.82) is 0 Å². The number of rotatable bonds is 5. The number of halogens is 1. The molecule has 2 aromatic carbocycles. The minimum atomic E-state index is -0.593. The lowest BCUT2D eigenvalue weighted by molar-refractivity contribution is 0.0457. The number of benzene rings is 2. The molecule has 3 heterocycles. The van der Waals surface area contributed by atoms with Crippen molar-refractivity contribution in [2.45, 2.75) is 6.61 Å². The van der Waals surface area contributed by atoms with Crippen molar-refractivity contribution in [3.63, 3.8) is 0 Å². The summed E-state index contributed by atoms with van der Waals surface area (Å²) in [5.74, 6) is 0.905. The van der Waals surface area contributed by atoms with Gasteiger partial charge >= 0.3 is 5.97 Å². The fourth-order valence-corrected chi connectivity index (χ4v) is 3.12. The molecule has 1 aliphatic rings. The Hall–Kier alpha value is -4.14. The number of carbonyl (C=O) groups excluding carboxylic acids is 1. The maximum atomic E-state index is 13.1. The lowest BCUT2D eigenvalue weighted by atomic mass is 10.1. The van der Waals surface area contributed by atoms with Gasteiger partial charge in [-0.1, -0.05) is 5.16 Å². The number of esters is 1. The van der Waals surface area contributed by atoms with Crippen molar-refractivity contribution < 1.29 is 27.9 Å². The van der Waals surface area contributed by atoms with Gasteiger partial charge in [-0.05, 0) is 48.5 Å². The van der Waals surface area contributed by atoms with E-state index in [4.69, 9.17) is 18.7 Å². The second-order valence-corrected chi connectivity index (χ2v) is 6.79. The van der Waals surface area contributed by atoms with E-state index in [-0.39, 0.29) is 18.1 Å². The number of nitrogens with zero attached hydrogens (tertiary/aromatic N) is 2. The molecule has 1 aliphatic heterocycles. The Balaban J connectivity index is 1.23. The fourth-order valence-electron chi connectivity index (χ4n) is 3.12. The molecular formula is C22H16FN3O5. The molecule has 0 unspecified atom stereocenters. The van der Waals surface area contributed by atoms with Crippen LogP contribution in [0.3, 0.4) is 0 Å². The first-order valence-electron chi connectivity index (χ1n) is 9.50. The highest BCUT2D eigenvalue weighted by molar-refractivity contribution is 5.88. The van der Waals surface area contributed by atoms with Gasteiger partial charge in [-0.25, -0.2) is 9.18 Å². The average Bonchev–Trinajstić information content (AvgIpc) is 3.48. The van der Waals surface area contributed by atoms with Crippen LogP contribution in [-0.4, -0.2) is 34.5 Å². The minimum absolute atomic E-state index is 0.0716. The Kier molecular flexibility index (Phi) is 4.83. The molecule has 0 radical (unpaired) electrons. The largest absolute Gasteiger partial charge is 0.486 e. The van der Waals surface area contributed by atoms with E-state index >= 15 is 0 Å². The van der Waals surface area contributed by atoms with Gasteiger partial charge in [0, 0.05) is 17.2 Å². The van der Waals surface area contributed by atoms with Crippen molar-refractivity contribution in [3.8, 4) is 34.1 Å². The summed E-state index contributed by atoms with van der Waals surface area (Å²) >= 11 is 0. The van der Waals surface area contributed by atoms with E-state index in [0.29, 0.717) is 47.4 Å². The molecule has 0 bridgehead atoms. The predicted molar refractivity (Wildman–Crippen MR) is 106 cm³/mol. The monoisotopic (exact) mass is 421 g/mol. The molecule has 0 saturated carbocycles. The van der Waals surface area contributed by atoms with Gasteiger partial charge in [0.15, 0.2) is 17.3 Å². The molecule has 8 nitrogen and oxygen atoms in total. The summed E-state index contributed by atoms with van der Waals surface area (Å²) in [5.41, 5.74) is 2.59. The molecule has 0 saturated heterocycles. The molecule has 0 aliphatic carbocycles. The van der Waals surface area contributed by atoms with Crippen LogP contribution >= 0.6 is 0 Å². The predicted octanol–water partition coefficient (Wildman–Crippen LogP) is 4.00. The van der Waals surface area contributed by atoms with Crippen molar-refractivity contribution in [3.05, 3.63) is 71.8 Å². The summed E-state index contributed by atoms with van der Waals surface area (Å²) in [4.78, 5) is 12.3.